The van der Waals surface area contributed by atoms with Crippen LogP contribution < -0.4 is 0 Å². The van der Waals surface area contributed by atoms with Crippen LogP contribution in [0.3, 0.4) is 0 Å². The molecule has 1 heterocycles. The van der Waals surface area contributed by atoms with Gasteiger partial charge in [0, 0.05) is 6.54 Å². The van der Waals surface area contributed by atoms with Gasteiger partial charge >= 0.3 is 0 Å². The van der Waals surface area contributed by atoms with Gasteiger partial charge in [0.05, 0.1) is 10.9 Å². The second-order valence-corrected chi connectivity index (χ2v) is 11.8. The summed E-state index contributed by atoms with van der Waals surface area (Å²) >= 11 is 0. The van der Waals surface area contributed by atoms with Crippen LogP contribution >= 0.6 is 0 Å². The third-order valence-corrected chi connectivity index (χ3v) is 9.56. The second kappa shape index (κ2) is 9.23. The maximum atomic E-state index is 14.0. The van der Waals surface area contributed by atoms with Crippen molar-refractivity contribution in [2.24, 2.45) is 5.92 Å². The van der Waals surface area contributed by atoms with Crippen LogP contribution in [0.5, 0.6) is 0 Å². The Bertz CT molecular complexity index is 1240. The van der Waals surface area contributed by atoms with Crippen molar-refractivity contribution in [3.05, 3.63) is 76.9 Å². The number of hydrogen-bond acceptors (Lipinski definition) is 2. The van der Waals surface area contributed by atoms with Crippen molar-refractivity contribution in [2.45, 2.75) is 82.7 Å². The van der Waals surface area contributed by atoms with Crippen molar-refractivity contribution in [3.63, 3.8) is 0 Å². The van der Waals surface area contributed by atoms with Gasteiger partial charge in [-0.1, -0.05) is 74.6 Å². The molecule has 1 atom stereocenters. The molecule has 0 N–H and O–H groups in total. The van der Waals surface area contributed by atoms with Crippen LogP contribution in [0.15, 0.2) is 59.5 Å². The number of sulfonamides is 1. The predicted molar refractivity (Wildman–Crippen MR) is 136 cm³/mol. The van der Waals surface area contributed by atoms with E-state index in [1.54, 1.807) is 12.1 Å². The van der Waals surface area contributed by atoms with Crippen LogP contribution in [0, 0.1) is 12.8 Å². The molecule has 0 bridgehead atoms. The Balaban J connectivity index is 1.69. The molecule has 0 unspecified atom stereocenters. The van der Waals surface area contributed by atoms with E-state index in [-0.39, 0.29) is 6.04 Å². The van der Waals surface area contributed by atoms with Gasteiger partial charge in [-0.3, -0.25) is 0 Å². The Morgan fingerprint density at radius 2 is 1.70 bits per heavy atom. The highest BCUT2D eigenvalue weighted by Gasteiger charge is 2.44. The summed E-state index contributed by atoms with van der Waals surface area (Å²) in [4.78, 5) is 0.418. The summed E-state index contributed by atoms with van der Waals surface area (Å²) in [5, 5.41) is 2.54. The zero-order valence-electron chi connectivity index (χ0n) is 19.9. The molecule has 0 aromatic heterocycles. The molecule has 0 saturated heterocycles. The number of fused-ring (bicyclic) bond motifs is 2. The SMILES string of the molecule is CCCCc1c2c(cc3ccccc13)CN(S(=O)(=O)c1ccc(C)cc1)[C@H]2C1CCCCC1. The fourth-order valence-corrected chi connectivity index (χ4v) is 7.67. The van der Waals surface area contributed by atoms with Crippen LogP contribution in [0.4, 0.5) is 0 Å². The summed E-state index contributed by atoms with van der Waals surface area (Å²) in [7, 11) is -3.59. The molecule has 2 aliphatic rings. The topological polar surface area (TPSA) is 37.4 Å². The molecular weight excluding hydrogens is 426 g/mol. The van der Waals surface area contributed by atoms with Crippen molar-refractivity contribution in [1.29, 1.82) is 0 Å². The normalized spacial score (nSPS) is 19.8. The summed E-state index contributed by atoms with van der Waals surface area (Å²) < 4.78 is 29.9. The zero-order valence-corrected chi connectivity index (χ0v) is 20.7. The van der Waals surface area contributed by atoms with Gasteiger partial charge in [-0.05, 0) is 84.2 Å². The minimum absolute atomic E-state index is 0.0527. The summed E-state index contributed by atoms with van der Waals surface area (Å²) in [6, 6.07) is 18.2. The Kier molecular flexibility index (Phi) is 6.32. The van der Waals surface area contributed by atoms with Crippen LogP contribution in [-0.2, 0) is 23.0 Å². The smallest absolute Gasteiger partial charge is 0.207 e. The first kappa shape index (κ1) is 22.6. The van der Waals surface area contributed by atoms with Crippen LogP contribution in [0.25, 0.3) is 10.8 Å². The van der Waals surface area contributed by atoms with Crippen LogP contribution in [0.2, 0.25) is 0 Å². The molecule has 3 aromatic carbocycles. The second-order valence-electron chi connectivity index (χ2n) is 9.96. The summed E-state index contributed by atoms with van der Waals surface area (Å²) in [6.07, 6.45) is 9.18. The van der Waals surface area contributed by atoms with Gasteiger partial charge < -0.3 is 0 Å². The molecule has 1 saturated carbocycles. The van der Waals surface area contributed by atoms with Crippen molar-refractivity contribution in [3.8, 4) is 0 Å². The number of benzene rings is 3. The molecule has 0 radical (unpaired) electrons. The molecule has 33 heavy (non-hydrogen) atoms. The molecule has 1 aliphatic heterocycles. The molecule has 0 spiro atoms. The van der Waals surface area contributed by atoms with E-state index in [1.165, 1.54) is 46.7 Å². The van der Waals surface area contributed by atoms with Gasteiger partial charge in [-0.2, -0.15) is 4.31 Å². The highest BCUT2D eigenvalue weighted by atomic mass is 32.2. The van der Waals surface area contributed by atoms with Gasteiger partial charge in [0.2, 0.25) is 10.0 Å². The van der Waals surface area contributed by atoms with Gasteiger partial charge in [-0.25, -0.2) is 8.42 Å². The average molecular weight is 462 g/mol. The van der Waals surface area contributed by atoms with E-state index in [1.807, 2.05) is 23.4 Å². The Morgan fingerprint density at radius 1 is 0.970 bits per heavy atom. The van der Waals surface area contributed by atoms with Gasteiger partial charge in [0.25, 0.3) is 0 Å². The fraction of sp³-hybridized carbons (Fsp3) is 0.448. The number of hydrogen-bond donors (Lipinski definition) is 0. The van der Waals surface area contributed by atoms with E-state index in [0.717, 1.165) is 37.7 Å². The molecule has 5 rings (SSSR count). The highest BCUT2D eigenvalue weighted by molar-refractivity contribution is 7.89. The molecule has 3 aromatic rings. The summed E-state index contributed by atoms with van der Waals surface area (Å²) in [6.45, 7) is 4.72. The Hall–Kier alpha value is -2.17. The monoisotopic (exact) mass is 461 g/mol. The molecular formula is C29H35NO2S. The lowest BCUT2D eigenvalue weighted by atomic mass is 9.79. The van der Waals surface area contributed by atoms with Crippen molar-refractivity contribution in [1.82, 2.24) is 4.31 Å². The number of aryl methyl sites for hydroxylation is 2. The first-order valence-electron chi connectivity index (χ1n) is 12.6. The largest absolute Gasteiger partial charge is 0.243 e. The van der Waals surface area contributed by atoms with E-state index in [4.69, 9.17) is 0 Å². The Labute approximate surface area is 198 Å². The van der Waals surface area contributed by atoms with Crippen LogP contribution in [0.1, 0.15) is 80.2 Å². The standard InChI is InChI=1S/C29H35NO2S/c1-3-4-13-27-26-14-9-8-12-23(26)19-24-20-30(29(28(24)27)22-10-6-5-7-11-22)33(31,32)25-17-15-21(2)16-18-25/h8-9,12,14-19,22,29H,3-7,10-11,13,20H2,1-2H3/t29-/m0/s1. The minimum atomic E-state index is -3.59. The predicted octanol–water partition coefficient (Wildman–Crippen LogP) is 7.32. The van der Waals surface area contributed by atoms with Crippen LogP contribution in [-0.4, -0.2) is 12.7 Å². The van der Waals surface area contributed by atoms with Crippen molar-refractivity contribution < 1.29 is 8.42 Å². The van der Waals surface area contributed by atoms with E-state index >= 15 is 0 Å². The van der Waals surface area contributed by atoms with Gasteiger partial charge in [-0.15, -0.1) is 0 Å². The number of nitrogens with zero attached hydrogens (tertiary/aromatic N) is 1. The van der Waals surface area contributed by atoms with E-state index in [2.05, 4.69) is 37.3 Å². The number of rotatable bonds is 6. The average Bonchev–Trinajstić information content (AvgIpc) is 3.23. The maximum absolute atomic E-state index is 14.0. The lowest BCUT2D eigenvalue weighted by molar-refractivity contribution is 0.207. The molecule has 0 amide bonds. The summed E-state index contributed by atoms with van der Waals surface area (Å²) in [5.74, 6) is 0.391. The minimum Gasteiger partial charge on any atom is -0.207 e. The lowest BCUT2D eigenvalue weighted by Gasteiger charge is -2.35. The first-order valence-corrected chi connectivity index (χ1v) is 14.1. The third kappa shape index (κ3) is 4.13. The first-order chi connectivity index (χ1) is 16.0. The molecule has 4 heteroatoms. The van der Waals surface area contributed by atoms with E-state index < -0.39 is 10.0 Å². The van der Waals surface area contributed by atoms with Crippen molar-refractivity contribution in [2.75, 3.05) is 0 Å². The molecule has 1 aliphatic carbocycles. The molecule has 1 fully saturated rings. The van der Waals surface area contributed by atoms with Crippen molar-refractivity contribution >= 4 is 20.8 Å². The van der Waals surface area contributed by atoms with E-state index in [9.17, 15) is 8.42 Å². The van der Waals surface area contributed by atoms with Gasteiger partial charge in [0.15, 0.2) is 0 Å². The van der Waals surface area contributed by atoms with Gasteiger partial charge in [0.1, 0.15) is 0 Å². The maximum Gasteiger partial charge on any atom is 0.243 e. The fourth-order valence-electron chi connectivity index (χ4n) is 6.04. The Morgan fingerprint density at radius 3 is 2.42 bits per heavy atom. The highest BCUT2D eigenvalue weighted by Crippen LogP contribution is 2.49. The molecule has 174 valence electrons. The number of unbranched alkanes of at least 4 members (excludes halogenated alkanes) is 1. The summed E-state index contributed by atoms with van der Waals surface area (Å²) in [5.41, 5.74) is 5.01. The molecule has 3 nitrogen and oxygen atoms in total. The quantitative estimate of drug-likeness (QED) is 0.386. The third-order valence-electron chi connectivity index (χ3n) is 7.72. The lowest BCUT2D eigenvalue weighted by Crippen LogP contribution is -2.34. The van der Waals surface area contributed by atoms with E-state index in [0.29, 0.717) is 17.4 Å². The zero-order chi connectivity index (χ0) is 23.0.